The molecule has 6 nitrogen and oxygen atoms in total. The van der Waals surface area contributed by atoms with Gasteiger partial charge in [0, 0.05) is 6.08 Å². The average molecular weight is 312 g/mol. The number of hydrogen-bond donors (Lipinski definition) is 2. The first kappa shape index (κ1) is 18.2. The zero-order valence-corrected chi connectivity index (χ0v) is 13.1. The molecule has 1 saturated carbocycles. The summed E-state index contributed by atoms with van der Waals surface area (Å²) in [5, 5.41) is 19.2. The van der Waals surface area contributed by atoms with Crippen molar-refractivity contribution < 1.29 is 29.3 Å². The molecule has 1 rings (SSSR count). The van der Waals surface area contributed by atoms with Crippen LogP contribution in [0.4, 0.5) is 0 Å². The number of carboxylic acid groups (broad SMARTS) is 2. The fourth-order valence-electron chi connectivity index (χ4n) is 3.44. The standard InChI is InChI=1S/C16H24O6/c1-4-12(17)22-10-6-8-11-7-5-9-15(2,13(18)19)16(11,3)14(20)21/h4,11H,1,5-10H2,2-3H3,(H,18,19)(H,20,21). The van der Waals surface area contributed by atoms with Gasteiger partial charge in [-0.3, -0.25) is 9.59 Å². The smallest absolute Gasteiger partial charge is 0.330 e. The van der Waals surface area contributed by atoms with Crippen LogP contribution in [0.25, 0.3) is 0 Å². The van der Waals surface area contributed by atoms with Crippen LogP contribution in [0.5, 0.6) is 0 Å². The van der Waals surface area contributed by atoms with E-state index in [0.29, 0.717) is 32.1 Å². The first-order chi connectivity index (χ1) is 10.2. The molecule has 22 heavy (non-hydrogen) atoms. The Kier molecular flexibility index (Phi) is 5.74. The van der Waals surface area contributed by atoms with E-state index in [4.69, 9.17) is 4.74 Å². The molecular weight excluding hydrogens is 288 g/mol. The molecule has 124 valence electrons. The third-order valence-electron chi connectivity index (χ3n) is 5.22. The van der Waals surface area contributed by atoms with Crippen LogP contribution in [0.3, 0.4) is 0 Å². The molecule has 1 aliphatic rings. The van der Waals surface area contributed by atoms with Crippen molar-refractivity contribution in [2.24, 2.45) is 16.7 Å². The summed E-state index contributed by atoms with van der Waals surface area (Å²) in [5.41, 5.74) is -2.63. The molecule has 0 heterocycles. The van der Waals surface area contributed by atoms with Crippen molar-refractivity contribution in [2.75, 3.05) is 6.61 Å². The summed E-state index contributed by atoms with van der Waals surface area (Å²) in [5.74, 6) is -2.92. The summed E-state index contributed by atoms with van der Waals surface area (Å²) in [6.45, 7) is 6.53. The van der Waals surface area contributed by atoms with E-state index in [1.807, 2.05) is 0 Å². The second-order valence-corrected chi connectivity index (χ2v) is 6.25. The Morgan fingerprint density at radius 3 is 2.41 bits per heavy atom. The minimum Gasteiger partial charge on any atom is -0.481 e. The molecule has 3 unspecified atom stereocenters. The van der Waals surface area contributed by atoms with Gasteiger partial charge >= 0.3 is 17.9 Å². The predicted molar refractivity (Wildman–Crippen MR) is 79.2 cm³/mol. The van der Waals surface area contributed by atoms with E-state index >= 15 is 0 Å². The molecule has 3 atom stereocenters. The minimum atomic E-state index is -1.33. The van der Waals surface area contributed by atoms with Gasteiger partial charge in [-0.15, -0.1) is 0 Å². The van der Waals surface area contributed by atoms with Crippen molar-refractivity contribution in [3.63, 3.8) is 0 Å². The van der Waals surface area contributed by atoms with Crippen LogP contribution in [-0.4, -0.2) is 34.7 Å². The molecule has 1 fully saturated rings. The molecule has 0 amide bonds. The second kappa shape index (κ2) is 6.94. The van der Waals surface area contributed by atoms with E-state index in [9.17, 15) is 24.6 Å². The fraction of sp³-hybridized carbons (Fsp3) is 0.688. The topological polar surface area (TPSA) is 101 Å². The third-order valence-corrected chi connectivity index (χ3v) is 5.22. The van der Waals surface area contributed by atoms with Crippen LogP contribution in [0, 0.1) is 16.7 Å². The van der Waals surface area contributed by atoms with Gasteiger partial charge in [0.1, 0.15) is 0 Å². The lowest BCUT2D eigenvalue weighted by molar-refractivity contribution is -0.183. The molecule has 0 aromatic heterocycles. The van der Waals surface area contributed by atoms with Crippen molar-refractivity contribution in [2.45, 2.75) is 46.0 Å². The number of carbonyl (C=O) groups excluding carboxylic acids is 1. The van der Waals surface area contributed by atoms with Gasteiger partial charge in [0.15, 0.2) is 0 Å². The zero-order chi connectivity index (χ0) is 17.0. The summed E-state index contributed by atoms with van der Waals surface area (Å²) >= 11 is 0. The summed E-state index contributed by atoms with van der Waals surface area (Å²) in [6.07, 6.45) is 3.79. The number of carbonyl (C=O) groups is 3. The molecule has 0 aromatic carbocycles. The molecule has 6 heteroatoms. The maximum Gasteiger partial charge on any atom is 0.330 e. The van der Waals surface area contributed by atoms with Crippen molar-refractivity contribution in [3.05, 3.63) is 12.7 Å². The Morgan fingerprint density at radius 1 is 1.27 bits per heavy atom. The van der Waals surface area contributed by atoms with E-state index in [1.54, 1.807) is 0 Å². The van der Waals surface area contributed by atoms with Crippen LogP contribution in [-0.2, 0) is 19.1 Å². The number of carboxylic acids is 2. The van der Waals surface area contributed by atoms with Crippen LogP contribution in [0.15, 0.2) is 12.7 Å². The van der Waals surface area contributed by atoms with Crippen molar-refractivity contribution in [1.82, 2.24) is 0 Å². The zero-order valence-electron chi connectivity index (χ0n) is 13.1. The second-order valence-electron chi connectivity index (χ2n) is 6.25. The Hall–Kier alpha value is -1.85. The van der Waals surface area contributed by atoms with Gasteiger partial charge in [0.2, 0.25) is 0 Å². The number of rotatable bonds is 7. The van der Waals surface area contributed by atoms with Gasteiger partial charge in [-0.25, -0.2) is 4.79 Å². The maximum absolute atomic E-state index is 11.8. The van der Waals surface area contributed by atoms with Gasteiger partial charge in [-0.2, -0.15) is 0 Å². The van der Waals surface area contributed by atoms with Gasteiger partial charge in [0.05, 0.1) is 17.4 Å². The highest BCUT2D eigenvalue weighted by Gasteiger charge is 2.60. The van der Waals surface area contributed by atoms with Gasteiger partial charge in [-0.1, -0.05) is 13.0 Å². The van der Waals surface area contributed by atoms with E-state index < -0.39 is 28.7 Å². The normalized spacial score (nSPS) is 31.3. The first-order valence-corrected chi connectivity index (χ1v) is 7.46. The lowest BCUT2D eigenvalue weighted by Crippen LogP contribution is -2.55. The van der Waals surface area contributed by atoms with Crippen molar-refractivity contribution >= 4 is 17.9 Å². The Bertz CT molecular complexity index is 471. The maximum atomic E-state index is 11.8. The average Bonchev–Trinajstić information content (AvgIpc) is 2.46. The quantitative estimate of drug-likeness (QED) is 0.425. The van der Waals surface area contributed by atoms with Gasteiger partial charge in [-0.05, 0) is 45.4 Å². The lowest BCUT2D eigenvalue weighted by atomic mass is 9.52. The molecule has 1 aliphatic carbocycles. The molecule has 0 aromatic rings. The van der Waals surface area contributed by atoms with E-state index in [0.717, 1.165) is 6.08 Å². The molecule has 0 spiro atoms. The SMILES string of the molecule is C=CC(=O)OCCCC1CCCC(C)(C(=O)O)C1(C)C(=O)O. The lowest BCUT2D eigenvalue weighted by Gasteiger charge is -2.49. The summed E-state index contributed by atoms with van der Waals surface area (Å²) in [4.78, 5) is 34.5. The van der Waals surface area contributed by atoms with Gasteiger partial charge in [0.25, 0.3) is 0 Å². The van der Waals surface area contributed by atoms with Crippen molar-refractivity contribution in [1.29, 1.82) is 0 Å². The Balaban J connectivity index is 2.84. The first-order valence-electron chi connectivity index (χ1n) is 7.46. The molecule has 0 saturated heterocycles. The van der Waals surface area contributed by atoms with E-state index in [2.05, 4.69) is 6.58 Å². The molecule has 0 radical (unpaired) electrons. The van der Waals surface area contributed by atoms with Crippen molar-refractivity contribution in [3.8, 4) is 0 Å². The predicted octanol–water partition coefficient (Wildman–Crippen LogP) is 2.48. The summed E-state index contributed by atoms with van der Waals surface area (Å²) < 4.78 is 4.89. The Labute approximate surface area is 130 Å². The van der Waals surface area contributed by atoms with Crippen LogP contribution < -0.4 is 0 Å². The number of esters is 1. The molecule has 0 bridgehead atoms. The monoisotopic (exact) mass is 312 g/mol. The summed E-state index contributed by atoms with van der Waals surface area (Å²) in [6, 6.07) is 0. The number of aliphatic carboxylic acids is 2. The Morgan fingerprint density at radius 2 is 1.91 bits per heavy atom. The summed E-state index contributed by atoms with van der Waals surface area (Å²) in [7, 11) is 0. The number of ether oxygens (including phenoxy) is 1. The van der Waals surface area contributed by atoms with Crippen LogP contribution in [0.1, 0.15) is 46.0 Å². The highest BCUT2D eigenvalue weighted by Crippen LogP contribution is 2.55. The highest BCUT2D eigenvalue weighted by molar-refractivity contribution is 5.86. The van der Waals surface area contributed by atoms with E-state index in [1.165, 1.54) is 13.8 Å². The van der Waals surface area contributed by atoms with Crippen LogP contribution >= 0.6 is 0 Å². The molecular formula is C16H24O6. The fourth-order valence-corrected chi connectivity index (χ4v) is 3.44. The molecule has 2 N–H and O–H groups in total. The number of hydrogen-bond acceptors (Lipinski definition) is 4. The van der Waals surface area contributed by atoms with Crippen LogP contribution in [0.2, 0.25) is 0 Å². The largest absolute Gasteiger partial charge is 0.481 e. The van der Waals surface area contributed by atoms with Gasteiger partial charge < -0.3 is 14.9 Å². The molecule has 0 aliphatic heterocycles. The highest BCUT2D eigenvalue weighted by atomic mass is 16.5. The van der Waals surface area contributed by atoms with E-state index in [-0.39, 0.29) is 12.5 Å². The third kappa shape index (κ3) is 3.15. The minimum absolute atomic E-state index is 0.181.